The summed E-state index contributed by atoms with van der Waals surface area (Å²) in [5, 5.41) is 1.09. The number of hydrogen-bond acceptors (Lipinski definition) is 6. The first-order chi connectivity index (χ1) is 21.1. The Kier molecular flexibility index (Phi) is 6.27. The summed E-state index contributed by atoms with van der Waals surface area (Å²) in [5.41, 5.74) is 5.39. The molecule has 2 unspecified atom stereocenters. The molecule has 2 saturated carbocycles. The van der Waals surface area contributed by atoms with Gasteiger partial charge in [0.25, 0.3) is 5.91 Å². The van der Waals surface area contributed by atoms with Crippen LogP contribution in [0.15, 0.2) is 36.4 Å². The van der Waals surface area contributed by atoms with E-state index in [0.717, 1.165) is 72.9 Å². The number of fused-ring (bicyclic) bond motifs is 9. The number of piperidine rings is 1. The molecule has 232 valence electrons. The topological polar surface area (TPSA) is 101 Å². The Morgan fingerprint density at radius 2 is 1.77 bits per heavy atom. The molecule has 3 aromatic rings. The van der Waals surface area contributed by atoms with Crippen LogP contribution in [-0.4, -0.2) is 80.2 Å². The average molecular weight is 617 g/mol. The second kappa shape index (κ2) is 9.81. The predicted octanol–water partition coefficient (Wildman–Crippen LogP) is 4.46. The van der Waals surface area contributed by atoms with Crippen LogP contribution in [0.5, 0.6) is 5.75 Å². The first-order valence-electron chi connectivity index (χ1n) is 16.0. The number of methoxy groups -OCH3 is 1. The molecular weight excluding hydrogens is 576 g/mol. The van der Waals surface area contributed by atoms with Gasteiger partial charge in [0.15, 0.2) is 0 Å². The number of amides is 2. The quantitative estimate of drug-likeness (QED) is 0.455. The van der Waals surface area contributed by atoms with Gasteiger partial charge in [0.1, 0.15) is 5.75 Å². The van der Waals surface area contributed by atoms with Crippen LogP contribution >= 0.6 is 0 Å². The van der Waals surface area contributed by atoms with Gasteiger partial charge in [-0.3, -0.25) is 9.59 Å². The van der Waals surface area contributed by atoms with Gasteiger partial charge in [-0.1, -0.05) is 25.3 Å². The second-order valence-corrected chi connectivity index (χ2v) is 15.7. The van der Waals surface area contributed by atoms with Gasteiger partial charge in [0.05, 0.1) is 24.5 Å². The fourth-order valence-electron chi connectivity index (χ4n) is 9.06. The highest BCUT2D eigenvalue weighted by Crippen LogP contribution is 2.67. The molecule has 4 fully saturated rings. The number of nitrogens with one attached hydrogen (secondary N) is 1. The van der Waals surface area contributed by atoms with Crippen LogP contribution < -0.4 is 9.46 Å². The van der Waals surface area contributed by atoms with E-state index in [-0.39, 0.29) is 23.9 Å². The highest BCUT2D eigenvalue weighted by molar-refractivity contribution is 7.89. The minimum atomic E-state index is -3.72. The molecule has 2 saturated heterocycles. The van der Waals surface area contributed by atoms with E-state index in [1.54, 1.807) is 13.2 Å². The zero-order valence-electron chi connectivity index (χ0n) is 25.6. The number of carbonyl (C=O) groups excluding carboxylic acids is 2. The summed E-state index contributed by atoms with van der Waals surface area (Å²) >= 11 is 0. The normalized spacial score (nSPS) is 27.9. The van der Waals surface area contributed by atoms with Crippen molar-refractivity contribution in [2.24, 2.45) is 5.41 Å². The molecular formula is C34H40N4O5S. The molecule has 3 aliphatic heterocycles. The minimum absolute atomic E-state index is 0.0880. The summed E-state index contributed by atoms with van der Waals surface area (Å²) < 4.78 is 34.0. The number of likely N-dealkylation sites (tertiary alicyclic amines) is 2. The Balaban J connectivity index is 1.34. The molecule has 0 radical (unpaired) electrons. The number of sulfonamides is 1. The molecule has 9 nitrogen and oxygen atoms in total. The Labute approximate surface area is 258 Å². The van der Waals surface area contributed by atoms with Crippen molar-refractivity contribution in [1.82, 2.24) is 19.1 Å². The van der Waals surface area contributed by atoms with Crippen molar-refractivity contribution in [3.63, 3.8) is 0 Å². The maximum absolute atomic E-state index is 14.7. The molecule has 1 aromatic heterocycles. The van der Waals surface area contributed by atoms with Gasteiger partial charge in [-0.25, -0.2) is 13.1 Å². The molecule has 10 heteroatoms. The van der Waals surface area contributed by atoms with Gasteiger partial charge in [-0.2, -0.15) is 0 Å². The summed E-state index contributed by atoms with van der Waals surface area (Å²) in [7, 11) is 0.105. The molecule has 2 bridgehead atoms. The zero-order valence-corrected chi connectivity index (χ0v) is 26.5. The van der Waals surface area contributed by atoms with E-state index in [2.05, 4.69) is 38.3 Å². The number of rotatable bonds is 5. The molecule has 8 rings (SSSR count). The summed E-state index contributed by atoms with van der Waals surface area (Å²) in [5.74, 6) is 0.869. The van der Waals surface area contributed by atoms with Crippen LogP contribution in [-0.2, 0) is 21.4 Å². The second-order valence-electron chi connectivity index (χ2n) is 14.0. The monoisotopic (exact) mass is 616 g/mol. The Hall–Kier alpha value is -3.37. The van der Waals surface area contributed by atoms with Crippen LogP contribution in [0.4, 0.5) is 0 Å². The highest BCUT2D eigenvalue weighted by atomic mass is 32.2. The largest absolute Gasteiger partial charge is 0.497 e. The lowest BCUT2D eigenvalue weighted by Gasteiger charge is -2.56. The Bertz CT molecular complexity index is 1810. The van der Waals surface area contributed by atoms with Gasteiger partial charge >= 0.3 is 0 Å². The van der Waals surface area contributed by atoms with E-state index >= 15 is 0 Å². The van der Waals surface area contributed by atoms with Gasteiger partial charge in [-0.05, 0) is 80.1 Å². The van der Waals surface area contributed by atoms with Crippen molar-refractivity contribution in [3.05, 3.63) is 53.1 Å². The fourth-order valence-corrected chi connectivity index (χ4v) is 9.51. The number of carbonyl (C=O) groups is 2. The molecule has 1 N–H and O–H groups in total. The SMILES string of the molecule is COc1ccc2c(c1)C1CC1(C(=O)N1[C@@H]3C[C@H]1CN(C)C3)Cn1c-2c(C2CCCCC2)c2ccc(C(=O)NS(C)(=O)=O)cc21. The third kappa shape index (κ3) is 4.24. The first-order valence-corrected chi connectivity index (χ1v) is 17.8. The highest BCUT2D eigenvalue weighted by Gasteiger charge is 2.66. The smallest absolute Gasteiger partial charge is 0.264 e. The third-order valence-corrected chi connectivity index (χ3v) is 11.7. The van der Waals surface area contributed by atoms with Crippen molar-refractivity contribution < 1.29 is 22.7 Å². The van der Waals surface area contributed by atoms with E-state index in [4.69, 9.17) is 4.74 Å². The van der Waals surface area contributed by atoms with Gasteiger partial charge < -0.3 is 19.1 Å². The van der Waals surface area contributed by atoms with Gasteiger partial charge in [0, 0.05) is 59.7 Å². The zero-order chi connectivity index (χ0) is 30.5. The first kappa shape index (κ1) is 28.1. The number of aromatic nitrogens is 1. The maximum Gasteiger partial charge on any atom is 0.264 e. The van der Waals surface area contributed by atoms with Crippen molar-refractivity contribution in [3.8, 4) is 17.0 Å². The molecule has 2 aliphatic carbocycles. The lowest BCUT2D eigenvalue weighted by atomic mass is 9.81. The summed E-state index contributed by atoms with van der Waals surface area (Å²) in [6, 6.07) is 12.4. The average Bonchev–Trinajstić information content (AvgIpc) is 3.66. The van der Waals surface area contributed by atoms with E-state index < -0.39 is 21.3 Å². The van der Waals surface area contributed by atoms with Crippen LogP contribution in [0.1, 0.15) is 78.3 Å². The molecule has 5 aliphatic rings. The number of ether oxygens (including phenoxy) is 1. The van der Waals surface area contributed by atoms with E-state index in [1.165, 1.54) is 30.4 Å². The summed E-state index contributed by atoms with van der Waals surface area (Å²) in [6.45, 7) is 2.36. The van der Waals surface area contributed by atoms with Crippen molar-refractivity contribution >= 4 is 32.7 Å². The lowest BCUT2D eigenvalue weighted by molar-refractivity contribution is -0.159. The maximum atomic E-state index is 14.7. The molecule has 4 atom stereocenters. The van der Waals surface area contributed by atoms with Crippen molar-refractivity contribution in [2.75, 3.05) is 33.5 Å². The van der Waals surface area contributed by atoms with Crippen LogP contribution in [0, 0.1) is 5.41 Å². The number of piperazine rings is 1. The number of nitrogens with zero attached hydrogens (tertiary/aromatic N) is 3. The predicted molar refractivity (Wildman–Crippen MR) is 168 cm³/mol. The van der Waals surface area contributed by atoms with Crippen molar-refractivity contribution in [2.45, 2.75) is 75.4 Å². The molecule has 2 aromatic carbocycles. The summed E-state index contributed by atoms with van der Waals surface area (Å²) in [6.07, 6.45) is 8.65. The Morgan fingerprint density at radius 1 is 1.02 bits per heavy atom. The molecule has 4 heterocycles. The standard InChI is InChI=1S/C34H40N4O5S/c1-36-17-22-14-23(18-36)38(22)33(40)34-16-28(34)27-15-24(43-2)10-12-25(27)31-30(20-7-5-4-6-8-20)26-11-9-21(13-29(26)37(31)19-34)32(39)35-44(3,41)42/h9-13,15,20,22-23,28H,4-8,14,16-19H2,1-3H3,(H,35,39)/t22-,23+,28?,34?. The fraction of sp³-hybridized carbons (Fsp3) is 0.529. The lowest BCUT2D eigenvalue weighted by Crippen LogP contribution is -2.70. The molecule has 44 heavy (non-hydrogen) atoms. The van der Waals surface area contributed by atoms with Crippen LogP contribution in [0.25, 0.3) is 22.2 Å². The summed E-state index contributed by atoms with van der Waals surface area (Å²) in [4.78, 5) is 32.3. The van der Waals surface area contributed by atoms with Gasteiger partial charge in [-0.15, -0.1) is 0 Å². The van der Waals surface area contributed by atoms with E-state index in [0.29, 0.717) is 18.0 Å². The third-order valence-electron chi connectivity index (χ3n) is 11.1. The minimum Gasteiger partial charge on any atom is -0.497 e. The molecule has 2 amide bonds. The van der Waals surface area contributed by atoms with E-state index in [9.17, 15) is 18.0 Å². The number of benzene rings is 2. The number of likely N-dealkylation sites (N-methyl/N-ethyl adjacent to an activating group) is 1. The van der Waals surface area contributed by atoms with E-state index in [1.807, 2.05) is 18.2 Å². The molecule has 0 spiro atoms. The Morgan fingerprint density at radius 3 is 2.48 bits per heavy atom. The van der Waals surface area contributed by atoms with Crippen LogP contribution in [0.2, 0.25) is 0 Å². The van der Waals surface area contributed by atoms with Crippen LogP contribution in [0.3, 0.4) is 0 Å². The van der Waals surface area contributed by atoms with Gasteiger partial charge in [0.2, 0.25) is 15.9 Å². The van der Waals surface area contributed by atoms with Crippen molar-refractivity contribution in [1.29, 1.82) is 0 Å². The number of hydrogen-bond donors (Lipinski definition) is 1.